The molecule has 1 atom stereocenters. The van der Waals surface area contributed by atoms with E-state index < -0.39 is 6.04 Å². The van der Waals surface area contributed by atoms with E-state index in [2.05, 4.69) is 15.3 Å². The third-order valence-electron chi connectivity index (χ3n) is 4.57. The maximum absolute atomic E-state index is 13.3. The molecule has 0 saturated carbocycles. The van der Waals surface area contributed by atoms with E-state index in [4.69, 9.17) is 11.6 Å². The molecule has 0 aliphatic carbocycles. The summed E-state index contributed by atoms with van der Waals surface area (Å²) in [4.78, 5) is 32.4. The number of H-pyrrole nitrogens is 1. The molecule has 2 aromatic carbocycles. The number of nitrogens with zero attached hydrogens (tertiary/aromatic N) is 2. The van der Waals surface area contributed by atoms with Gasteiger partial charge in [0.25, 0.3) is 11.5 Å². The topological polar surface area (TPSA) is 79.8 Å². The number of nitrogens with one attached hydrogen (secondary N) is 2. The van der Waals surface area contributed by atoms with Crippen LogP contribution in [0, 0.1) is 0 Å². The maximum atomic E-state index is 13.3. The average molecular weight is 393 g/mol. The summed E-state index contributed by atoms with van der Waals surface area (Å²) < 4.78 is 1.59. The van der Waals surface area contributed by atoms with Crippen LogP contribution in [0.5, 0.6) is 0 Å². The fourth-order valence-electron chi connectivity index (χ4n) is 3.23. The number of aromatic amines is 1. The van der Waals surface area contributed by atoms with Gasteiger partial charge in [-0.3, -0.25) is 14.2 Å². The van der Waals surface area contributed by atoms with Crippen molar-refractivity contribution in [1.82, 2.24) is 19.9 Å². The number of halogens is 1. The van der Waals surface area contributed by atoms with E-state index in [-0.39, 0.29) is 11.5 Å². The third-order valence-corrected chi connectivity index (χ3v) is 4.89. The molecule has 0 spiro atoms. The van der Waals surface area contributed by atoms with Crippen molar-refractivity contribution in [2.45, 2.75) is 13.0 Å². The van der Waals surface area contributed by atoms with E-state index in [9.17, 15) is 9.59 Å². The maximum Gasteiger partial charge on any atom is 0.269 e. The lowest BCUT2D eigenvalue weighted by Crippen LogP contribution is -2.32. The number of aromatic nitrogens is 3. The Balaban J connectivity index is 1.89. The first-order valence-electron chi connectivity index (χ1n) is 8.75. The zero-order valence-electron chi connectivity index (χ0n) is 15.0. The summed E-state index contributed by atoms with van der Waals surface area (Å²) in [5, 5.41) is 4.48. The van der Waals surface area contributed by atoms with Gasteiger partial charge >= 0.3 is 0 Å². The number of carbonyl (C=O) groups is 1. The molecule has 1 unspecified atom stereocenters. The van der Waals surface area contributed by atoms with Crippen LogP contribution >= 0.6 is 11.6 Å². The van der Waals surface area contributed by atoms with Gasteiger partial charge < -0.3 is 10.3 Å². The van der Waals surface area contributed by atoms with Crippen molar-refractivity contribution in [3.63, 3.8) is 0 Å². The van der Waals surface area contributed by atoms with Crippen molar-refractivity contribution in [1.29, 1.82) is 0 Å². The van der Waals surface area contributed by atoms with Gasteiger partial charge in [-0.25, -0.2) is 4.98 Å². The molecule has 0 bridgehead atoms. The average Bonchev–Trinajstić information content (AvgIpc) is 3.23. The molecule has 28 heavy (non-hydrogen) atoms. The Morgan fingerprint density at radius 3 is 2.68 bits per heavy atom. The van der Waals surface area contributed by atoms with E-state index in [1.54, 1.807) is 16.7 Å². The lowest BCUT2D eigenvalue weighted by Gasteiger charge is -2.21. The van der Waals surface area contributed by atoms with Crippen molar-refractivity contribution >= 4 is 28.3 Å². The van der Waals surface area contributed by atoms with Crippen LogP contribution in [0.4, 0.5) is 0 Å². The molecule has 2 N–H and O–H groups in total. The highest BCUT2D eigenvalue weighted by Crippen LogP contribution is 2.25. The van der Waals surface area contributed by atoms with Gasteiger partial charge in [0.15, 0.2) is 0 Å². The number of para-hydroxylation sites is 1. The van der Waals surface area contributed by atoms with Crippen molar-refractivity contribution in [2.24, 2.45) is 0 Å². The second kappa shape index (κ2) is 7.32. The van der Waals surface area contributed by atoms with Gasteiger partial charge in [-0.15, -0.1) is 0 Å². The van der Waals surface area contributed by atoms with Gasteiger partial charge in [0, 0.05) is 11.4 Å². The predicted octanol–water partition coefficient (Wildman–Crippen LogP) is 3.86. The summed E-state index contributed by atoms with van der Waals surface area (Å²) in [5.41, 5.74) is 1.47. The Morgan fingerprint density at radius 2 is 1.96 bits per heavy atom. The summed E-state index contributed by atoms with van der Waals surface area (Å²) >= 11 is 6.31. The minimum absolute atomic E-state index is 0.230. The number of pyridine rings is 1. The van der Waals surface area contributed by atoms with Gasteiger partial charge in [-0.1, -0.05) is 41.9 Å². The number of amides is 1. The number of imidazole rings is 1. The molecule has 0 aliphatic heterocycles. The number of carbonyl (C=O) groups excluding carboxylic acids is 1. The van der Waals surface area contributed by atoms with Gasteiger partial charge in [0.05, 0.1) is 29.0 Å². The molecule has 0 aliphatic rings. The Labute approximate surface area is 165 Å². The zero-order valence-corrected chi connectivity index (χ0v) is 15.8. The fraction of sp³-hybridized carbons (Fsp3) is 0.0952. The van der Waals surface area contributed by atoms with Crippen LogP contribution in [0.2, 0.25) is 5.02 Å². The van der Waals surface area contributed by atoms with E-state index >= 15 is 0 Å². The van der Waals surface area contributed by atoms with Crippen LogP contribution < -0.4 is 10.9 Å². The van der Waals surface area contributed by atoms with Gasteiger partial charge in [-0.2, -0.15) is 0 Å². The predicted molar refractivity (Wildman–Crippen MR) is 109 cm³/mol. The van der Waals surface area contributed by atoms with Crippen LogP contribution in [-0.4, -0.2) is 20.4 Å². The first-order valence-corrected chi connectivity index (χ1v) is 9.13. The van der Waals surface area contributed by atoms with Crippen molar-refractivity contribution in [3.8, 4) is 5.69 Å². The molecule has 140 valence electrons. The van der Waals surface area contributed by atoms with Crippen LogP contribution in [-0.2, 0) is 0 Å². The Bertz CT molecular complexity index is 1200. The van der Waals surface area contributed by atoms with Crippen molar-refractivity contribution in [3.05, 3.63) is 93.9 Å². The Hall–Kier alpha value is -3.38. The molecule has 2 aromatic heterocycles. The van der Waals surface area contributed by atoms with Crippen molar-refractivity contribution < 1.29 is 4.79 Å². The SMILES string of the molecule is CC(NC(=O)c1cnc[nH]1)c1cc2cccc(Cl)c2c(=O)n1-c1ccccc1. The minimum atomic E-state index is -0.438. The molecular weight excluding hydrogens is 376 g/mol. The minimum Gasteiger partial charge on any atom is -0.343 e. The molecule has 4 rings (SSSR count). The quantitative estimate of drug-likeness (QED) is 0.553. The van der Waals surface area contributed by atoms with Crippen LogP contribution in [0.15, 0.2) is 71.9 Å². The summed E-state index contributed by atoms with van der Waals surface area (Å²) in [6.07, 6.45) is 2.89. The molecular formula is C21H17ClN4O2. The molecule has 0 fully saturated rings. The van der Waals surface area contributed by atoms with E-state index in [0.717, 1.165) is 5.39 Å². The van der Waals surface area contributed by atoms with Crippen LogP contribution in [0.1, 0.15) is 29.1 Å². The fourth-order valence-corrected chi connectivity index (χ4v) is 3.49. The number of rotatable bonds is 4. The summed E-state index contributed by atoms with van der Waals surface area (Å²) in [5.74, 6) is -0.303. The summed E-state index contributed by atoms with van der Waals surface area (Å²) in [6.45, 7) is 1.83. The summed E-state index contributed by atoms with van der Waals surface area (Å²) in [7, 11) is 0. The molecule has 0 radical (unpaired) electrons. The highest BCUT2D eigenvalue weighted by atomic mass is 35.5. The molecule has 6 nitrogen and oxygen atoms in total. The molecule has 0 saturated heterocycles. The van der Waals surface area contributed by atoms with E-state index in [1.807, 2.05) is 49.4 Å². The third kappa shape index (κ3) is 3.18. The van der Waals surface area contributed by atoms with E-state index in [0.29, 0.717) is 27.5 Å². The van der Waals surface area contributed by atoms with E-state index in [1.165, 1.54) is 12.5 Å². The number of hydrogen-bond acceptors (Lipinski definition) is 3. The number of benzene rings is 2. The lowest BCUT2D eigenvalue weighted by molar-refractivity contribution is 0.0934. The monoisotopic (exact) mass is 392 g/mol. The Kier molecular flexibility index (Phi) is 4.71. The molecule has 1 amide bonds. The molecule has 7 heteroatoms. The first kappa shape index (κ1) is 18.0. The van der Waals surface area contributed by atoms with Gasteiger partial charge in [-0.05, 0) is 36.6 Å². The van der Waals surface area contributed by atoms with Gasteiger partial charge in [0.1, 0.15) is 5.69 Å². The van der Waals surface area contributed by atoms with Crippen molar-refractivity contribution in [2.75, 3.05) is 0 Å². The normalized spacial score (nSPS) is 12.1. The van der Waals surface area contributed by atoms with Crippen LogP contribution in [0.25, 0.3) is 16.5 Å². The summed E-state index contributed by atoms with van der Waals surface area (Å²) in [6, 6.07) is 16.1. The molecule has 4 aromatic rings. The second-order valence-corrected chi connectivity index (χ2v) is 6.82. The zero-order chi connectivity index (χ0) is 19.7. The highest BCUT2D eigenvalue weighted by Gasteiger charge is 2.20. The number of hydrogen-bond donors (Lipinski definition) is 2. The standard InChI is InChI=1S/C21H17ClN4O2/c1-13(25-20(27)17-11-23-12-24-17)18-10-14-6-5-9-16(22)19(14)21(28)26(18)15-7-3-2-4-8-15/h2-13H,1H3,(H,23,24)(H,25,27). The van der Waals surface area contributed by atoms with Crippen LogP contribution in [0.3, 0.4) is 0 Å². The lowest BCUT2D eigenvalue weighted by atomic mass is 10.1. The number of fused-ring (bicyclic) bond motifs is 1. The first-order chi connectivity index (χ1) is 13.6. The molecule has 2 heterocycles. The van der Waals surface area contributed by atoms with Gasteiger partial charge in [0.2, 0.25) is 0 Å². The second-order valence-electron chi connectivity index (χ2n) is 6.41. The smallest absolute Gasteiger partial charge is 0.269 e. The Morgan fingerprint density at radius 1 is 1.18 bits per heavy atom. The largest absolute Gasteiger partial charge is 0.343 e. The highest BCUT2D eigenvalue weighted by molar-refractivity contribution is 6.35.